The van der Waals surface area contributed by atoms with Gasteiger partial charge in [0.25, 0.3) is 5.91 Å². The minimum atomic E-state index is -0.193. The van der Waals surface area contributed by atoms with Crippen molar-refractivity contribution in [2.45, 2.75) is 25.9 Å². The minimum Gasteiger partial charge on any atom is -0.376 e. The molecule has 1 fully saturated rings. The van der Waals surface area contributed by atoms with Gasteiger partial charge in [0.15, 0.2) is 0 Å². The third-order valence-electron chi connectivity index (χ3n) is 3.97. The molecule has 2 heterocycles. The molecule has 1 saturated heterocycles. The predicted octanol–water partition coefficient (Wildman–Crippen LogP) is 3.70. The Morgan fingerprint density at radius 1 is 1.38 bits per heavy atom. The highest BCUT2D eigenvalue weighted by Crippen LogP contribution is 2.23. The lowest BCUT2D eigenvalue weighted by atomic mass is 10.2. The number of aromatic nitrogens is 1. The van der Waals surface area contributed by atoms with Crippen LogP contribution in [0.5, 0.6) is 0 Å². The van der Waals surface area contributed by atoms with Crippen LogP contribution < -0.4 is 10.6 Å². The Kier molecular flexibility index (Phi) is 5.33. The molecule has 0 bridgehead atoms. The third kappa shape index (κ3) is 4.24. The van der Waals surface area contributed by atoms with Crippen LogP contribution in [0, 0.1) is 6.92 Å². The first-order valence-electron chi connectivity index (χ1n) is 8.01. The molecule has 126 valence electrons. The predicted molar refractivity (Wildman–Crippen MR) is 95.0 cm³/mol. The maximum absolute atomic E-state index is 12.2. The van der Waals surface area contributed by atoms with E-state index in [0.29, 0.717) is 17.3 Å². The molecule has 2 N–H and O–H groups in total. The van der Waals surface area contributed by atoms with Gasteiger partial charge in [-0.2, -0.15) is 0 Å². The monoisotopic (exact) mass is 345 g/mol. The van der Waals surface area contributed by atoms with Crippen LogP contribution in [0.3, 0.4) is 0 Å². The van der Waals surface area contributed by atoms with Gasteiger partial charge in [-0.1, -0.05) is 11.6 Å². The molecule has 1 amide bonds. The summed E-state index contributed by atoms with van der Waals surface area (Å²) in [6.45, 7) is 3.28. The number of hydrogen-bond acceptors (Lipinski definition) is 4. The van der Waals surface area contributed by atoms with E-state index < -0.39 is 0 Å². The highest BCUT2D eigenvalue weighted by atomic mass is 35.5. The summed E-state index contributed by atoms with van der Waals surface area (Å²) in [6.07, 6.45) is 3.78. The summed E-state index contributed by atoms with van der Waals surface area (Å²) in [7, 11) is 0. The van der Waals surface area contributed by atoms with Crippen LogP contribution in [0.2, 0.25) is 5.02 Å². The van der Waals surface area contributed by atoms with Gasteiger partial charge >= 0.3 is 0 Å². The Morgan fingerprint density at radius 2 is 2.25 bits per heavy atom. The van der Waals surface area contributed by atoms with Gasteiger partial charge < -0.3 is 15.4 Å². The van der Waals surface area contributed by atoms with E-state index in [-0.39, 0.29) is 12.0 Å². The first-order valence-corrected chi connectivity index (χ1v) is 8.38. The maximum atomic E-state index is 12.2. The lowest BCUT2D eigenvalue weighted by Crippen LogP contribution is -2.32. The molecule has 0 saturated carbocycles. The van der Waals surface area contributed by atoms with Gasteiger partial charge in [0.1, 0.15) is 5.69 Å². The zero-order chi connectivity index (χ0) is 16.9. The number of aryl methyl sites for hydroxylation is 1. The van der Waals surface area contributed by atoms with Crippen molar-refractivity contribution in [1.82, 2.24) is 10.3 Å². The smallest absolute Gasteiger partial charge is 0.270 e. The number of benzene rings is 1. The summed E-state index contributed by atoms with van der Waals surface area (Å²) < 4.78 is 5.51. The summed E-state index contributed by atoms with van der Waals surface area (Å²) in [5.41, 5.74) is 3.15. The highest BCUT2D eigenvalue weighted by Gasteiger charge is 2.17. The molecular formula is C18H20ClN3O2. The van der Waals surface area contributed by atoms with E-state index in [4.69, 9.17) is 16.3 Å². The van der Waals surface area contributed by atoms with Crippen LogP contribution in [0.15, 0.2) is 36.5 Å². The SMILES string of the molecule is Cc1cc(Cl)ccc1Nc1ccnc(C(=O)NCC2CCCO2)c1. The molecule has 6 heteroatoms. The number of carbonyl (C=O) groups is 1. The maximum Gasteiger partial charge on any atom is 0.270 e. The zero-order valence-corrected chi connectivity index (χ0v) is 14.3. The topological polar surface area (TPSA) is 63.2 Å². The van der Waals surface area contributed by atoms with Gasteiger partial charge in [-0.25, -0.2) is 0 Å². The molecule has 1 aromatic heterocycles. The summed E-state index contributed by atoms with van der Waals surface area (Å²) in [6, 6.07) is 9.19. The molecule has 0 spiro atoms. The van der Waals surface area contributed by atoms with Crippen LogP contribution in [0.1, 0.15) is 28.9 Å². The molecular weight excluding hydrogens is 326 g/mol. The number of ether oxygens (including phenoxy) is 1. The Balaban J connectivity index is 1.65. The number of pyridine rings is 1. The van der Waals surface area contributed by atoms with E-state index in [0.717, 1.165) is 36.4 Å². The fraction of sp³-hybridized carbons (Fsp3) is 0.333. The van der Waals surface area contributed by atoms with Gasteiger partial charge in [0.05, 0.1) is 6.10 Å². The molecule has 0 aliphatic carbocycles. The Bertz CT molecular complexity index is 730. The van der Waals surface area contributed by atoms with Crippen molar-refractivity contribution in [1.29, 1.82) is 0 Å². The molecule has 3 rings (SSSR count). The Labute approximate surface area is 146 Å². The zero-order valence-electron chi connectivity index (χ0n) is 13.5. The van der Waals surface area contributed by atoms with Crippen LogP contribution in [0.25, 0.3) is 0 Å². The second-order valence-electron chi connectivity index (χ2n) is 5.86. The summed E-state index contributed by atoms with van der Waals surface area (Å²) in [5, 5.41) is 6.86. The molecule has 2 aromatic rings. The molecule has 1 aliphatic heterocycles. The molecule has 24 heavy (non-hydrogen) atoms. The number of rotatable bonds is 5. The van der Waals surface area contributed by atoms with Crippen molar-refractivity contribution in [2.24, 2.45) is 0 Å². The minimum absolute atomic E-state index is 0.118. The number of anilines is 2. The second kappa shape index (κ2) is 7.64. The van der Waals surface area contributed by atoms with Crippen LogP contribution in [-0.2, 0) is 4.74 Å². The average molecular weight is 346 g/mol. The van der Waals surface area contributed by atoms with Crippen molar-refractivity contribution >= 4 is 28.9 Å². The number of hydrogen-bond donors (Lipinski definition) is 2. The van der Waals surface area contributed by atoms with Crippen LogP contribution >= 0.6 is 11.6 Å². The van der Waals surface area contributed by atoms with Crippen molar-refractivity contribution in [3.8, 4) is 0 Å². The number of nitrogens with one attached hydrogen (secondary N) is 2. The van der Waals surface area contributed by atoms with E-state index in [9.17, 15) is 4.79 Å². The summed E-state index contributed by atoms with van der Waals surface area (Å²) in [4.78, 5) is 16.4. The quantitative estimate of drug-likeness (QED) is 0.867. The van der Waals surface area contributed by atoms with E-state index in [1.807, 2.05) is 31.2 Å². The average Bonchev–Trinajstić information content (AvgIpc) is 3.09. The molecule has 1 atom stereocenters. The van der Waals surface area contributed by atoms with Gasteiger partial charge in [0.2, 0.25) is 0 Å². The fourth-order valence-electron chi connectivity index (χ4n) is 2.66. The fourth-order valence-corrected chi connectivity index (χ4v) is 2.88. The Hall–Kier alpha value is -2.11. The molecule has 0 radical (unpaired) electrons. The first-order chi connectivity index (χ1) is 11.6. The normalized spacial score (nSPS) is 16.8. The van der Waals surface area contributed by atoms with Gasteiger partial charge in [-0.3, -0.25) is 9.78 Å². The number of nitrogens with zero attached hydrogens (tertiary/aromatic N) is 1. The van der Waals surface area contributed by atoms with Crippen molar-refractivity contribution in [2.75, 3.05) is 18.5 Å². The molecule has 1 aliphatic rings. The van der Waals surface area contributed by atoms with Crippen LogP contribution in [0.4, 0.5) is 11.4 Å². The molecule has 1 aromatic carbocycles. The number of halogens is 1. The van der Waals surface area contributed by atoms with Crippen molar-refractivity contribution in [3.63, 3.8) is 0 Å². The van der Waals surface area contributed by atoms with E-state index in [2.05, 4.69) is 15.6 Å². The van der Waals surface area contributed by atoms with Crippen molar-refractivity contribution in [3.05, 3.63) is 52.8 Å². The van der Waals surface area contributed by atoms with E-state index in [1.165, 1.54) is 0 Å². The third-order valence-corrected chi connectivity index (χ3v) is 4.21. The Morgan fingerprint density at radius 3 is 3.00 bits per heavy atom. The van der Waals surface area contributed by atoms with E-state index in [1.54, 1.807) is 12.3 Å². The molecule has 1 unspecified atom stereocenters. The lowest BCUT2D eigenvalue weighted by molar-refractivity contribution is 0.0854. The number of amides is 1. The highest BCUT2D eigenvalue weighted by molar-refractivity contribution is 6.30. The first kappa shape index (κ1) is 16.7. The van der Waals surface area contributed by atoms with E-state index >= 15 is 0 Å². The van der Waals surface area contributed by atoms with Gasteiger partial charge in [-0.05, 0) is 55.7 Å². The largest absolute Gasteiger partial charge is 0.376 e. The summed E-state index contributed by atoms with van der Waals surface area (Å²) in [5.74, 6) is -0.193. The lowest BCUT2D eigenvalue weighted by Gasteiger charge is -2.12. The second-order valence-corrected chi connectivity index (χ2v) is 6.30. The van der Waals surface area contributed by atoms with Gasteiger partial charge in [0, 0.05) is 35.7 Å². The molecule has 5 nitrogen and oxygen atoms in total. The van der Waals surface area contributed by atoms with Crippen LogP contribution in [-0.4, -0.2) is 30.1 Å². The number of carbonyl (C=O) groups excluding carboxylic acids is 1. The summed E-state index contributed by atoms with van der Waals surface area (Å²) >= 11 is 5.97. The van der Waals surface area contributed by atoms with Crippen molar-refractivity contribution < 1.29 is 9.53 Å². The van der Waals surface area contributed by atoms with Gasteiger partial charge in [-0.15, -0.1) is 0 Å². The standard InChI is InChI=1S/C18H20ClN3O2/c1-12-9-13(19)4-5-16(12)22-14-6-7-20-17(10-14)18(23)21-11-15-3-2-8-24-15/h4-7,9-10,15H,2-3,8,11H2,1H3,(H,20,22)(H,21,23).